The molecule has 4 saturated carbocycles. The van der Waals surface area contributed by atoms with Crippen LogP contribution in [0, 0.1) is 71.0 Å². The monoisotopic (exact) mass is 1030 g/mol. The number of aliphatic carboxylic acids is 4. The number of benzene rings is 4. The summed E-state index contributed by atoms with van der Waals surface area (Å²) in [6, 6.07) is 43.2. The summed E-state index contributed by atoms with van der Waals surface area (Å²) in [6.45, 7) is 0. The maximum Gasteiger partial charge on any atom is 0.308 e. The smallest absolute Gasteiger partial charge is 0.308 e. The van der Waals surface area contributed by atoms with Gasteiger partial charge >= 0.3 is 23.9 Å². The van der Waals surface area contributed by atoms with Crippen molar-refractivity contribution in [2.24, 2.45) is 71.0 Å². The molecular weight excluding hydrogens is 961 g/mol. The first-order valence-corrected chi connectivity index (χ1v) is 28.2. The van der Waals surface area contributed by atoms with Gasteiger partial charge in [-0.25, -0.2) is 0 Å². The van der Waals surface area contributed by atoms with Gasteiger partial charge in [0.15, 0.2) is 0 Å². The predicted octanol–water partition coefficient (Wildman–Crippen LogP) is 5.42. The predicted molar refractivity (Wildman–Crippen MR) is 281 cm³/mol. The number of carboxylic acids is 4. The molecule has 0 aromatic heterocycles. The first-order valence-electron chi connectivity index (χ1n) is 28.2. The fourth-order valence-corrected chi connectivity index (χ4v) is 18.0. The Balaban J connectivity index is 1.03. The van der Waals surface area contributed by atoms with Gasteiger partial charge in [0.2, 0.25) is 0 Å². The molecule has 13 rings (SSSR count). The van der Waals surface area contributed by atoms with Gasteiger partial charge in [0, 0.05) is 23.7 Å². The van der Waals surface area contributed by atoms with Crippen LogP contribution in [-0.2, 0) is 19.2 Å². The van der Waals surface area contributed by atoms with Gasteiger partial charge in [-0.1, -0.05) is 147 Å². The second kappa shape index (κ2) is 20.3. The van der Waals surface area contributed by atoms with Gasteiger partial charge < -0.3 is 20.4 Å². The minimum absolute atomic E-state index is 0.00206. The lowest BCUT2D eigenvalue weighted by Gasteiger charge is -2.53. The molecule has 76 heavy (non-hydrogen) atoms. The molecule has 8 bridgehead atoms. The molecule has 12 N–H and O–H groups in total. The lowest BCUT2D eigenvalue weighted by atomic mass is 9.51. The normalized spacial score (nSPS) is 43.4. The molecule has 4 aliphatic carbocycles. The molecule has 16 nitrogen and oxygen atoms in total. The first-order chi connectivity index (χ1) is 37.0. The highest BCUT2D eigenvalue weighted by Gasteiger charge is 2.68. The molecule has 9 fully saturated rings. The van der Waals surface area contributed by atoms with Crippen molar-refractivity contribution < 1.29 is 39.6 Å². The fraction of sp³-hybridized carbons (Fsp3) is 0.533. The lowest BCUT2D eigenvalue weighted by Crippen LogP contribution is -2.62. The summed E-state index contributed by atoms with van der Waals surface area (Å²) in [7, 11) is 0. The van der Waals surface area contributed by atoms with Gasteiger partial charge in [0.1, 0.15) is 0 Å². The van der Waals surface area contributed by atoms with Crippen molar-refractivity contribution in [3.63, 3.8) is 0 Å². The molecule has 5 heterocycles. The topological polar surface area (TPSA) is 245 Å². The Kier molecular flexibility index (Phi) is 13.4. The van der Waals surface area contributed by atoms with Gasteiger partial charge in [-0.05, 0) is 95.3 Å². The maximum atomic E-state index is 14.0. The van der Waals surface area contributed by atoms with Gasteiger partial charge in [-0.15, -0.1) is 0 Å². The van der Waals surface area contributed by atoms with Crippen LogP contribution in [0.4, 0.5) is 0 Å². The SMILES string of the molecule is O=C(O)C1C(C(=O)O)C(C(=O)O)C2C3NC(NC4NC(NC5NC(NC6NC(N3)C3C(c7ccccc7)C(c7ccccc7)C(c7ccccc7)C(c7ccccc7)C63)C3CCCCC53)C3CCCCC43)C2C1C(=O)O. The van der Waals surface area contributed by atoms with Gasteiger partial charge in [-0.2, -0.15) is 0 Å². The van der Waals surface area contributed by atoms with E-state index in [4.69, 9.17) is 0 Å². The number of carboxylic acid groups (broad SMARTS) is 4. The Morgan fingerprint density at radius 1 is 0.289 bits per heavy atom. The second-order valence-electron chi connectivity index (χ2n) is 23.9. The highest BCUT2D eigenvalue weighted by Crippen LogP contribution is 2.65. The van der Waals surface area contributed by atoms with Gasteiger partial charge in [-0.3, -0.25) is 61.7 Å². The molecule has 5 saturated heterocycles. The molecular formula is C60H72N8O8. The molecule has 4 aromatic carbocycles. The van der Waals surface area contributed by atoms with Crippen LogP contribution >= 0.6 is 0 Å². The van der Waals surface area contributed by atoms with E-state index in [9.17, 15) is 39.6 Å². The Bertz CT molecular complexity index is 2760. The third-order valence-corrected chi connectivity index (χ3v) is 20.6. The van der Waals surface area contributed by atoms with Crippen LogP contribution in [-0.4, -0.2) is 93.6 Å². The quantitative estimate of drug-likeness (QED) is 0.105. The summed E-state index contributed by atoms with van der Waals surface area (Å²) in [5, 5.41) is 76.9. The highest BCUT2D eigenvalue weighted by atomic mass is 16.4. The van der Waals surface area contributed by atoms with Crippen molar-refractivity contribution in [1.29, 1.82) is 0 Å². The molecule has 5 aliphatic heterocycles. The highest BCUT2D eigenvalue weighted by molar-refractivity contribution is 5.90. The van der Waals surface area contributed by atoms with E-state index in [-0.39, 0.29) is 78.2 Å². The molecule has 16 heteroatoms. The van der Waals surface area contributed by atoms with Gasteiger partial charge in [0.25, 0.3) is 0 Å². The van der Waals surface area contributed by atoms with Crippen LogP contribution in [0.3, 0.4) is 0 Å². The number of hydrogen-bond donors (Lipinski definition) is 12. The molecule has 24 unspecified atom stereocenters. The van der Waals surface area contributed by atoms with E-state index in [0.717, 1.165) is 56.9 Å². The lowest BCUT2D eigenvalue weighted by molar-refractivity contribution is -0.182. The average molecular weight is 1030 g/mol. The van der Waals surface area contributed by atoms with E-state index in [1.165, 1.54) is 16.7 Å². The van der Waals surface area contributed by atoms with Crippen molar-refractivity contribution in [2.45, 2.75) is 124 Å². The first kappa shape index (κ1) is 50.0. The summed E-state index contributed by atoms with van der Waals surface area (Å²) in [6.07, 6.45) is 5.25. The van der Waals surface area contributed by atoms with E-state index in [0.29, 0.717) is 11.8 Å². The van der Waals surface area contributed by atoms with Crippen LogP contribution in [0.15, 0.2) is 121 Å². The van der Waals surface area contributed by atoms with Crippen molar-refractivity contribution in [3.8, 4) is 0 Å². The zero-order valence-corrected chi connectivity index (χ0v) is 42.5. The summed E-state index contributed by atoms with van der Waals surface area (Å²) in [5.41, 5.74) is 4.77. The second-order valence-corrected chi connectivity index (χ2v) is 23.9. The van der Waals surface area contributed by atoms with Crippen LogP contribution in [0.2, 0.25) is 0 Å². The molecule has 0 spiro atoms. The average Bonchev–Trinajstić information content (AvgIpc) is 4.37. The van der Waals surface area contributed by atoms with E-state index in [1.54, 1.807) is 0 Å². The molecule has 400 valence electrons. The number of rotatable bonds is 8. The van der Waals surface area contributed by atoms with Crippen molar-refractivity contribution in [1.82, 2.24) is 42.5 Å². The Labute approximate surface area is 443 Å². The van der Waals surface area contributed by atoms with E-state index in [2.05, 4.69) is 158 Å². The zero-order chi connectivity index (χ0) is 51.9. The van der Waals surface area contributed by atoms with Crippen LogP contribution in [0.5, 0.6) is 0 Å². The van der Waals surface area contributed by atoms with Gasteiger partial charge in [0.05, 0.1) is 73.0 Å². The van der Waals surface area contributed by atoms with Crippen LogP contribution < -0.4 is 42.5 Å². The number of carbonyl (C=O) groups is 4. The van der Waals surface area contributed by atoms with Crippen molar-refractivity contribution in [2.75, 3.05) is 0 Å². The van der Waals surface area contributed by atoms with Crippen molar-refractivity contribution in [3.05, 3.63) is 144 Å². The molecule has 24 atom stereocenters. The van der Waals surface area contributed by atoms with Crippen LogP contribution in [0.25, 0.3) is 0 Å². The Morgan fingerprint density at radius 3 is 0.776 bits per heavy atom. The Morgan fingerprint density at radius 2 is 0.513 bits per heavy atom. The molecule has 9 aliphatic rings. The largest absolute Gasteiger partial charge is 0.481 e. The van der Waals surface area contributed by atoms with E-state index >= 15 is 0 Å². The minimum Gasteiger partial charge on any atom is -0.481 e. The number of nitrogens with one attached hydrogen (secondary N) is 8. The molecule has 0 amide bonds. The van der Waals surface area contributed by atoms with Crippen molar-refractivity contribution >= 4 is 23.9 Å². The minimum atomic E-state index is -2.02. The summed E-state index contributed by atoms with van der Waals surface area (Å²) in [4.78, 5) is 54.8. The maximum absolute atomic E-state index is 14.0. The standard InChI is InChI=1S/C60H72N8O8/c69-57(70)45-43-44(46(58(71)72)48(60(75)76)47(45)59(73)74)56-67-54-42-40(32-23-11-4-12-24-32)38(30-19-7-2-8-20-30)37(29-17-5-1-6-18-29)39(31-21-9-3-10-22-31)41(42)53(66-54)64-51-35-27-15-13-25-33(35)49(62-51)61-50-34-26-14-16-28-36(34)52(63-50)65-55(43)68-56/h1-12,17-24,33-56,61-68H,13-16,25-28H2,(H,69,70)(H,71,72)(H,73,74)(H,75,76). The van der Waals surface area contributed by atoms with E-state index in [1.807, 2.05) is 6.07 Å². The molecule has 4 aromatic rings. The van der Waals surface area contributed by atoms with E-state index < -0.39 is 77.9 Å². The summed E-state index contributed by atoms with van der Waals surface area (Å²) in [5.74, 6) is -15.6. The zero-order valence-electron chi connectivity index (χ0n) is 42.5. The third-order valence-electron chi connectivity index (χ3n) is 20.6. The summed E-state index contributed by atoms with van der Waals surface area (Å²) < 4.78 is 0. The summed E-state index contributed by atoms with van der Waals surface area (Å²) >= 11 is 0. The Hall–Kier alpha value is -5.56. The third kappa shape index (κ3) is 8.41. The number of fused-ring (bicyclic) bond motifs is 20. The fourth-order valence-electron chi connectivity index (χ4n) is 18.0. The molecule has 0 radical (unpaired) electrons. The number of hydrogen-bond acceptors (Lipinski definition) is 12. The van der Waals surface area contributed by atoms with Crippen LogP contribution in [0.1, 0.15) is 97.3 Å².